The number of nitrogens with zero attached hydrogens (tertiary/aromatic N) is 6. The fourth-order valence-corrected chi connectivity index (χ4v) is 2.89. The van der Waals surface area contributed by atoms with E-state index in [-0.39, 0.29) is 11.1 Å². The highest BCUT2D eigenvalue weighted by molar-refractivity contribution is 5.70. The summed E-state index contributed by atoms with van der Waals surface area (Å²) in [5.74, 6) is 0. The first-order chi connectivity index (χ1) is 12.1. The van der Waals surface area contributed by atoms with Crippen LogP contribution in [0.3, 0.4) is 0 Å². The Hall–Kier alpha value is -3.35. The van der Waals surface area contributed by atoms with Crippen LogP contribution in [-0.4, -0.2) is 29.5 Å². The molecule has 7 heteroatoms. The molecule has 0 bridgehead atoms. The average molecular weight is 332 g/mol. The van der Waals surface area contributed by atoms with Gasteiger partial charge >= 0.3 is 0 Å². The zero-order valence-corrected chi connectivity index (χ0v) is 13.9. The van der Waals surface area contributed by atoms with Crippen molar-refractivity contribution in [3.05, 3.63) is 76.1 Å². The fourth-order valence-electron chi connectivity index (χ4n) is 2.89. The molecule has 4 rings (SSSR count). The lowest BCUT2D eigenvalue weighted by molar-refractivity contribution is 0.742. The second-order valence-electron chi connectivity index (χ2n) is 6.06. The summed E-state index contributed by atoms with van der Waals surface area (Å²) < 4.78 is 3.12. The standard InChI is InChI=1S/C18H16N6O/c1-12-6-13(2)8-15(7-12)24-17-16(21-22-24)18(25)23(11-20-17)10-14-4-3-5-19-9-14/h3-9,11H,10H2,1-2H3. The number of benzene rings is 1. The molecule has 4 aromatic rings. The molecule has 0 saturated heterocycles. The Bertz CT molecular complexity index is 1090. The molecule has 25 heavy (non-hydrogen) atoms. The van der Waals surface area contributed by atoms with Crippen LogP contribution in [0.5, 0.6) is 0 Å². The zero-order chi connectivity index (χ0) is 17.4. The first kappa shape index (κ1) is 15.2. The minimum atomic E-state index is -0.218. The summed E-state index contributed by atoms with van der Waals surface area (Å²) in [4.78, 5) is 21.2. The van der Waals surface area contributed by atoms with Crippen molar-refractivity contribution in [2.24, 2.45) is 0 Å². The highest BCUT2D eigenvalue weighted by Gasteiger charge is 2.14. The summed E-state index contributed by atoms with van der Waals surface area (Å²) in [6, 6.07) is 9.81. The Morgan fingerprint density at radius 1 is 1.12 bits per heavy atom. The van der Waals surface area contributed by atoms with Gasteiger partial charge in [0.1, 0.15) is 6.33 Å². The summed E-state index contributed by atoms with van der Waals surface area (Å²) in [5.41, 5.74) is 4.49. The maximum Gasteiger partial charge on any atom is 0.283 e. The van der Waals surface area contributed by atoms with Gasteiger partial charge in [-0.25, -0.2) is 4.98 Å². The van der Waals surface area contributed by atoms with Gasteiger partial charge in [-0.2, -0.15) is 4.68 Å². The van der Waals surface area contributed by atoms with Crippen LogP contribution in [0.25, 0.3) is 16.9 Å². The van der Waals surface area contributed by atoms with Gasteiger partial charge in [-0.15, -0.1) is 5.10 Å². The second-order valence-corrected chi connectivity index (χ2v) is 6.06. The Morgan fingerprint density at radius 3 is 2.64 bits per heavy atom. The molecule has 3 aromatic heterocycles. The minimum absolute atomic E-state index is 0.218. The second kappa shape index (κ2) is 5.94. The van der Waals surface area contributed by atoms with Crippen molar-refractivity contribution >= 4 is 11.2 Å². The van der Waals surface area contributed by atoms with Crippen molar-refractivity contribution < 1.29 is 0 Å². The van der Waals surface area contributed by atoms with E-state index in [4.69, 9.17) is 0 Å². The monoisotopic (exact) mass is 332 g/mol. The van der Waals surface area contributed by atoms with Crippen molar-refractivity contribution in [1.82, 2.24) is 29.5 Å². The third-order valence-corrected chi connectivity index (χ3v) is 3.96. The number of fused-ring (bicyclic) bond motifs is 1. The quantitative estimate of drug-likeness (QED) is 0.574. The third kappa shape index (κ3) is 2.80. The molecule has 0 N–H and O–H groups in total. The zero-order valence-electron chi connectivity index (χ0n) is 13.9. The molecule has 3 heterocycles. The Kier molecular flexibility index (Phi) is 3.61. The van der Waals surface area contributed by atoms with Gasteiger partial charge in [0.05, 0.1) is 12.2 Å². The molecular formula is C18H16N6O. The van der Waals surface area contributed by atoms with Crippen LogP contribution in [0, 0.1) is 13.8 Å². The van der Waals surface area contributed by atoms with Crippen molar-refractivity contribution in [1.29, 1.82) is 0 Å². The molecule has 0 amide bonds. The summed E-state index contributed by atoms with van der Waals surface area (Å²) in [5, 5.41) is 8.19. The molecular weight excluding hydrogens is 316 g/mol. The van der Waals surface area contributed by atoms with E-state index in [9.17, 15) is 4.79 Å². The van der Waals surface area contributed by atoms with Crippen LogP contribution in [0.4, 0.5) is 0 Å². The van der Waals surface area contributed by atoms with Gasteiger partial charge in [0.2, 0.25) is 0 Å². The normalized spacial score (nSPS) is 11.1. The largest absolute Gasteiger partial charge is 0.293 e. The van der Waals surface area contributed by atoms with Crippen LogP contribution >= 0.6 is 0 Å². The van der Waals surface area contributed by atoms with Crippen LogP contribution in [0.1, 0.15) is 16.7 Å². The predicted octanol–water partition coefficient (Wildman–Crippen LogP) is 2.04. The van der Waals surface area contributed by atoms with E-state index in [1.54, 1.807) is 17.1 Å². The van der Waals surface area contributed by atoms with Gasteiger partial charge < -0.3 is 0 Å². The van der Waals surface area contributed by atoms with Crippen molar-refractivity contribution in [2.45, 2.75) is 20.4 Å². The lowest BCUT2D eigenvalue weighted by Crippen LogP contribution is -2.21. The summed E-state index contributed by atoms with van der Waals surface area (Å²) >= 11 is 0. The molecule has 0 fully saturated rings. The van der Waals surface area contributed by atoms with E-state index in [2.05, 4.69) is 26.3 Å². The van der Waals surface area contributed by atoms with E-state index >= 15 is 0 Å². The number of hydrogen-bond donors (Lipinski definition) is 0. The first-order valence-corrected chi connectivity index (χ1v) is 7.90. The average Bonchev–Trinajstić information content (AvgIpc) is 3.02. The molecule has 0 saturated carbocycles. The minimum Gasteiger partial charge on any atom is -0.293 e. The maximum absolute atomic E-state index is 12.7. The Morgan fingerprint density at radius 2 is 1.92 bits per heavy atom. The van der Waals surface area contributed by atoms with E-state index in [1.807, 2.05) is 38.1 Å². The Balaban J connectivity index is 1.81. The van der Waals surface area contributed by atoms with Crippen molar-refractivity contribution in [2.75, 3.05) is 0 Å². The van der Waals surface area contributed by atoms with E-state index in [0.717, 1.165) is 22.4 Å². The number of aryl methyl sites for hydroxylation is 2. The van der Waals surface area contributed by atoms with E-state index in [0.29, 0.717) is 12.2 Å². The molecule has 0 aliphatic rings. The number of aromatic nitrogens is 6. The fraction of sp³-hybridized carbons (Fsp3) is 0.167. The van der Waals surface area contributed by atoms with Crippen LogP contribution in [0.15, 0.2) is 53.8 Å². The van der Waals surface area contributed by atoms with Gasteiger partial charge in [0, 0.05) is 12.4 Å². The highest BCUT2D eigenvalue weighted by Crippen LogP contribution is 2.16. The molecule has 0 unspecified atom stereocenters. The Labute approximate surface area is 143 Å². The smallest absolute Gasteiger partial charge is 0.283 e. The van der Waals surface area contributed by atoms with Gasteiger partial charge in [-0.3, -0.25) is 14.3 Å². The molecule has 0 atom stereocenters. The number of pyridine rings is 1. The number of rotatable bonds is 3. The summed E-state index contributed by atoms with van der Waals surface area (Å²) in [6.07, 6.45) is 4.95. The molecule has 1 aromatic carbocycles. The van der Waals surface area contributed by atoms with Crippen molar-refractivity contribution in [3.8, 4) is 5.69 Å². The lowest BCUT2D eigenvalue weighted by atomic mass is 10.1. The third-order valence-electron chi connectivity index (χ3n) is 3.96. The number of hydrogen-bond acceptors (Lipinski definition) is 5. The van der Waals surface area contributed by atoms with E-state index in [1.165, 1.54) is 10.9 Å². The van der Waals surface area contributed by atoms with E-state index < -0.39 is 0 Å². The summed E-state index contributed by atoms with van der Waals surface area (Å²) in [6.45, 7) is 4.43. The van der Waals surface area contributed by atoms with Crippen LogP contribution in [-0.2, 0) is 6.54 Å². The van der Waals surface area contributed by atoms with Crippen molar-refractivity contribution in [3.63, 3.8) is 0 Å². The van der Waals surface area contributed by atoms with Crippen LogP contribution in [0.2, 0.25) is 0 Å². The van der Waals surface area contributed by atoms with Gasteiger partial charge in [-0.1, -0.05) is 17.3 Å². The van der Waals surface area contributed by atoms with Crippen LogP contribution < -0.4 is 5.56 Å². The van der Waals surface area contributed by atoms with Gasteiger partial charge in [0.25, 0.3) is 5.56 Å². The van der Waals surface area contributed by atoms with Gasteiger partial charge in [-0.05, 0) is 48.7 Å². The van der Waals surface area contributed by atoms with Gasteiger partial charge in [0.15, 0.2) is 11.2 Å². The molecule has 0 radical (unpaired) electrons. The molecule has 0 aliphatic heterocycles. The molecule has 0 spiro atoms. The molecule has 124 valence electrons. The highest BCUT2D eigenvalue weighted by atomic mass is 16.1. The molecule has 0 aliphatic carbocycles. The topological polar surface area (TPSA) is 78.5 Å². The predicted molar refractivity (Wildman–Crippen MR) is 93.7 cm³/mol. The molecule has 7 nitrogen and oxygen atoms in total. The first-order valence-electron chi connectivity index (χ1n) is 7.90. The SMILES string of the molecule is Cc1cc(C)cc(-n2nnc3c(=O)n(Cc4cccnc4)cnc32)c1. The maximum atomic E-state index is 12.7. The lowest BCUT2D eigenvalue weighted by Gasteiger charge is -2.06. The summed E-state index contributed by atoms with van der Waals surface area (Å²) in [7, 11) is 0.